The molecule has 1 heterocycles. The Balaban J connectivity index is 2.07. The van der Waals surface area contributed by atoms with Crippen molar-refractivity contribution in [1.29, 1.82) is 0 Å². The monoisotopic (exact) mass is 279 g/mol. The van der Waals surface area contributed by atoms with Crippen LogP contribution in [0.4, 0.5) is 4.39 Å². The second kappa shape index (κ2) is 7.63. The van der Waals surface area contributed by atoms with Gasteiger partial charge in [-0.2, -0.15) is 0 Å². The van der Waals surface area contributed by atoms with Gasteiger partial charge in [-0.3, -0.25) is 0 Å². The summed E-state index contributed by atoms with van der Waals surface area (Å²) in [6.07, 6.45) is 7.01. The lowest BCUT2D eigenvalue weighted by Crippen LogP contribution is -2.33. The van der Waals surface area contributed by atoms with Crippen LogP contribution >= 0.6 is 0 Å². The lowest BCUT2D eigenvalue weighted by Gasteiger charge is -2.33. The average Bonchev–Trinajstić information content (AvgIpc) is 2.44. The lowest BCUT2D eigenvalue weighted by molar-refractivity contribution is 0.137. The number of nitrogens with one attached hydrogen (secondary N) is 1. The number of hydrogen-bond donors (Lipinski definition) is 1. The van der Waals surface area contributed by atoms with Crippen molar-refractivity contribution in [2.45, 2.75) is 64.5 Å². The number of fused-ring (bicyclic) bond motifs is 1. The molecule has 1 aromatic carbocycles. The van der Waals surface area contributed by atoms with Crippen LogP contribution in [0.5, 0.6) is 5.75 Å². The van der Waals surface area contributed by atoms with E-state index < -0.39 is 0 Å². The predicted molar refractivity (Wildman–Crippen MR) is 80.6 cm³/mol. The Morgan fingerprint density at radius 1 is 1.25 bits per heavy atom. The minimum absolute atomic E-state index is 0.213. The summed E-state index contributed by atoms with van der Waals surface area (Å²) in [6.45, 7) is 5.36. The topological polar surface area (TPSA) is 21.3 Å². The Labute approximate surface area is 121 Å². The molecule has 0 amide bonds. The molecule has 2 atom stereocenters. The van der Waals surface area contributed by atoms with Gasteiger partial charge in [0.2, 0.25) is 0 Å². The van der Waals surface area contributed by atoms with Crippen LogP contribution in [-0.2, 0) is 0 Å². The third-order valence-corrected chi connectivity index (χ3v) is 3.91. The lowest BCUT2D eigenvalue weighted by atomic mass is 9.93. The van der Waals surface area contributed by atoms with E-state index in [0.717, 1.165) is 37.1 Å². The highest BCUT2D eigenvalue weighted by molar-refractivity contribution is 5.38. The summed E-state index contributed by atoms with van der Waals surface area (Å²) in [6, 6.07) is 5.22. The molecule has 20 heavy (non-hydrogen) atoms. The summed E-state index contributed by atoms with van der Waals surface area (Å²) in [5, 5.41) is 3.56. The number of hydrogen-bond acceptors (Lipinski definition) is 2. The summed E-state index contributed by atoms with van der Waals surface area (Å²) < 4.78 is 19.4. The first-order valence-electron chi connectivity index (χ1n) is 7.94. The maximum absolute atomic E-state index is 13.4. The smallest absolute Gasteiger partial charge is 0.127 e. The normalized spacial score (nSPS) is 21.4. The molecule has 0 saturated carbocycles. The highest BCUT2D eigenvalue weighted by Gasteiger charge is 2.27. The average molecular weight is 279 g/mol. The van der Waals surface area contributed by atoms with Crippen molar-refractivity contribution in [1.82, 2.24) is 5.32 Å². The molecular formula is C17H26FNO. The van der Waals surface area contributed by atoms with Gasteiger partial charge in [0.15, 0.2) is 0 Å². The first kappa shape index (κ1) is 15.3. The van der Waals surface area contributed by atoms with Crippen molar-refractivity contribution < 1.29 is 9.13 Å². The van der Waals surface area contributed by atoms with Crippen LogP contribution in [-0.4, -0.2) is 12.6 Å². The second-order valence-corrected chi connectivity index (χ2v) is 5.66. The Kier molecular flexibility index (Phi) is 5.84. The van der Waals surface area contributed by atoms with E-state index in [4.69, 9.17) is 4.74 Å². The molecule has 1 aliphatic heterocycles. The summed E-state index contributed by atoms with van der Waals surface area (Å²) in [7, 11) is 0. The molecule has 1 aromatic rings. The third kappa shape index (κ3) is 3.95. The molecule has 2 rings (SSSR count). The molecule has 112 valence electrons. The summed E-state index contributed by atoms with van der Waals surface area (Å²) in [5.74, 6) is 0.513. The van der Waals surface area contributed by atoms with E-state index in [2.05, 4.69) is 19.2 Å². The number of halogens is 1. The fraction of sp³-hybridized carbons (Fsp3) is 0.647. The Morgan fingerprint density at radius 3 is 2.85 bits per heavy atom. The molecule has 2 nitrogen and oxygen atoms in total. The van der Waals surface area contributed by atoms with Crippen molar-refractivity contribution in [3.8, 4) is 5.75 Å². The SMILES string of the molecule is CCCCCC1CC(NCCC)c2ccc(F)cc2O1. The fourth-order valence-corrected chi connectivity index (χ4v) is 2.83. The van der Waals surface area contributed by atoms with E-state index in [1.54, 1.807) is 0 Å². The van der Waals surface area contributed by atoms with Gasteiger partial charge < -0.3 is 10.1 Å². The van der Waals surface area contributed by atoms with Gasteiger partial charge in [-0.1, -0.05) is 32.8 Å². The Morgan fingerprint density at radius 2 is 2.10 bits per heavy atom. The van der Waals surface area contributed by atoms with Crippen LogP contribution in [0.3, 0.4) is 0 Å². The largest absolute Gasteiger partial charge is 0.490 e. The number of ether oxygens (including phenoxy) is 1. The standard InChI is InChI=1S/C17H26FNO/c1-3-5-6-7-14-12-16(19-10-4-2)15-9-8-13(18)11-17(15)20-14/h8-9,11,14,16,19H,3-7,10,12H2,1-2H3. The first-order valence-corrected chi connectivity index (χ1v) is 7.94. The van der Waals surface area contributed by atoms with Gasteiger partial charge in [-0.25, -0.2) is 4.39 Å². The molecule has 2 unspecified atom stereocenters. The quantitative estimate of drug-likeness (QED) is 0.737. The van der Waals surface area contributed by atoms with Crippen molar-refractivity contribution in [3.05, 3.63) is 29.6 Å². The van der Waals surface area contributed by atoms with E-state index >= 15 is 0 Å². The molecule has 1 N–H and O–H groups in total. The van der Waals surface area contributed by atoms with Crippen LogP contribution in [0.1, 0.15) is 64.0 Å². The maximum atomic E-state index is 13.4. The molecule has 1 aliphatic rings. The van der Waals surface area contributed by atoms with E-state index in [1.807, 2.05) is 6.07 Å². The van der Waals surface area contributed by atoms with E-state index in [9.17, 15) is 4.39 Å². The van der Waals surface area contributed by atoms with Gasteiger partial charge in [0.1, 0.15) is 17.7 Å². The molecule has 0 saturated heterocycles. The van der Waals surface area contributed by atoms with Gasteiger partial charge in [0, 0.05) is 24.1 Å². The second-order valence-electron chi connectivity index (χ2n) is 5.66. The molecule has 0 aromatic heterocycles. The van der Waals surface area contributed by atoms with Crippen molar-refractivity contribution >= 4 is 0 Å². The van der Waals surface area contributed by atoms with Crippen LogP contribution < -0.4 is 10.1 Å². The molecule has 3 heteroatoms. The minimum Gasteiger partial charge on any atom is -0.490 e. The molecule has 0 fully saturated rings. The number of unbranched alkanes of at least 4 members (excludes halogenated alkanes) is 2. The maximum Gasteiger partial charge on any atom is 0.127 e. The van der Waals surface area contributed by atoms with Crippen LogP contribution in [0.2, 0.25) is 0 Å². The van der Waals surface area contributed by atoms with E-state index in [0.29, 0.717) is 6.04 Å². The summed E-state index contributed by atoms with van der Waals surface area (Å²) in [5.41, 5.74) is 1.10. The highest BCUT2D eigenvalue weighted by Crippen LogP contribution is 2.36. The van der Waals surface area contributed by atoms with Gasteiger partial charge in [-0.05, 0) is 31.9 Å². The van der Waals surface area contributed by atoms with Crippen molar-refractivity contribution in [2.75, 3.05) is 6.54 Å². The highest BCUT2D eigenvalue weighted by atomic mass is 19.1. The fourth-order valence-electron chi connectivity index (χ4n) is 2.83. The summed E-state index contributed by atoms with van der Waals surface area (Å²) >= 11 is 0. The van der Waals surface area contributed by atoms with E-state index in [1.165, 1.54) is 31.4 Å². The van der Waals surface area contributed by atoms with Crippen molar-refractivity contribution in [3.63, 3.8) is 0 Å². The third-order valence-electron chi connectivity index (χ3n) is 3.91. The van der Waals surface area contributed by atoms with Gasteiger partial charge in [0.05, 0.1) is 0 Å². The Hall–Kier alpha value is -1.09. The van der Waals surface area contributed by atoms with Crippen LogP contribution in [0.15, 0.2) is 18.2 Å². The van der Waals surface area contributed by atoms with Crippen LogP contribution in [0, 0.1) is 5.82 Å². The molecule has 0 aliphatic carbocycles. The predicted octanol–water partition coefficient (Wildman–Crippen LogP) is 4.60. The minimum atomic E-state index is -0.216. The van der Waals surface area contributed by atoms with Gasteiger partial charge in [-0.15, -0.1) is 0 Å². The van der Waals surface area contributed by atoms with Gasteiger partial charge in [0.25, 0.3) is 0 Å². The zero-order chi connectivity index (χ0) is 14.4. The van der Waals surface area contributed by atoms with Crippen molar-refractivity contribution in [2.24, 2.45) is 0 Å². The number of rotatable bonds is 7. The van der Waals surface area contributed by atoms with E-state index in [-0.39, 0.29) is 11.9 Å². The zero-order valence-electron chi connectivity index (χ0n) is 12.6. The van der Waals surface area contributed by atoms with Crippen LogP contribution in [0.25, 0.3) is 0 Å². The first-order chi connectivity index (χ1) is 9.74. The van der Waals surface area contributed by atoms with Gasteiger partial charge >= 0.3 is 0 Å². The molecule has 0 bridgehead atoms. The molecule has 0 spiro atoms. The zero-order valence-corrected chi connectivity index (χ0v) is 12.6. The Bertz CT molecular complexity index is 421. The summed E-state index contributed by atoms with van der Waals surface area (Å²) in [4.78, 5) is 0. The molecule has 0 radical (unpaired) electrons. The molecular weight excluding hydrogens is 253 g/mol. The number of benzene rings is 1.